The molecule has 0 amide bonds. The van der Waals surface area contributed by atoms with Crippen molar-refractivity contribution in [3.05, 3.63) is 49.1 Å². The molecule has 0 nitrogen and oxygen atoms in total. The molecule has 0 spiro atoms. The Morgan fingerprint density at radius 1 is 1.31 bits per heavy atom. The van der Waals surface area contributed by atoms with Crippen LogP contribution in [0.5, 0.6) is 0 Å². The molecule has 2 unspecified atom stereocenters. The predicted octanol–water partition coefficient (Wildman–Crippen LogP) is 4.91. The summed E-state index contributed by atoms with van der Waals surface area (Å²) < 4.78 is 0. The third kappa shape index (κ3) is 2.55. The fourth-order valence-corrected chi connectivity index (χ4v) is 3.03. The first-order valence-corrected chi connectivity index (χ1v) is 6.05. The molecule has 0 heteroatoms. The van der Waals surface area contributed by atoms with Crippen LogP contribution in [-0.2, 0) is 0 Å². The van der Waals surface area contributed by atoms with Gasteiger partial charge >= 0.3 is 0 Å². The SMILES string of the molecule is C=C/C=C1/C(C=C)C(=C)CC(C)CC1(C)C. The Morgan fingerprint density at radius 2 is 1.94 bits per heavy atom. The number of hydrogen-bond acceptors (Lipinski definition) is 0. The van der Waals surface area contributed by atoms with E-state index in [2.05, 4.69) is 46.6 Å². The van der Waals surface area contributed by atoms with Gasteiger partial charge in [-0.15, -0.1) is 6.58 Å². The molecule has 1 rings (SSSR count). The van der Waals surface area contributed by atoms with Crippen LogP contribution >= 0.6 is 0 Å². The summed E-state index contributed by atoms with van der Waals surface area (Å²) in [5.41, 5.74) is 2.92. The van der Waals surface area contributed by atoms with Crippen molar-refractivity contribution in [2.24, 2.45) is 17.3 Å². The van der Waals surface area contributed by atoms with Gasteiger partial charge in [-0.2, -0.15) is 0 Å². The molecule has 16 heavy (non-hydrogen) atoms. The number of allylic oxidation sites excluding steroid dienone is 5. The van der Waals surface area contributed by atoms with Crippen molar-refractivity contribution < 1.29 is 0 Å². The lowest BCUT2D eigenvalue weighted by Gasteiger charge is -2.31. The Morgan fingerprint density at radius 3 is 2.44 bits per heavy atom. The third-order valence-electron chi connectivity index (χ3n) is 3.56. The van der Waals surface area contributed by atoms with Crippen molar-refractivity contribution in [2.45, 2.75) is 33.6 Å². The van der Waals surface area contributed by atoms with Crippen LogP contribution in [0.25, 0.3) is 0 Å². The second-order valence-electron chi connectivity index (χ2n) is 5.63. The van der Waals surface area contributed by atoms with E-state index in [1.54, 1.807) is 0 Å². The van der Waals surface area contributed by atoms with Crippen molar-refractivity contribution >= 4 is 0 Å². The fraction of sp³-hybridized carbons (Fsp3) is 0.500. The van der Waals surface area contributed by atoms with Gasteiger partial charge in [0.2, 0.25) is 0 Å². The zero-order chi connectivity index (χ0) is 12.3. The van der Waals surface area contributed by atoms with Crippen LogP contribution in [0.2, 0.25) is 0 Å². The van der Waals surface area contributed by atoms with E-state index in [4.69, 9.17) is 0 Å². The highest BCUT2D eigenvalue weighted by Gasteiger charge is 2.34. The van der Waals surface area contributed by atoms with E-state index in [1.165, 1.54) is 17.6 Å². The summed E-state index contributed by atoms with van der Waals surface area (Å²) in [5, 5.41) is 0. The zero-order valence-corrected chi connectivity index (χ0v) is 10.9. The minimum Gasteiger partial charge on any atom is -0.102 e. The van der Waals surface area contributed by atoms with E-state index in [0.717, 1.165) is 6.42 Å². The summed E-state index contributed by atoms with van der Waals surface area (Å²) in [5.74, 6) is 1.01. The van der Waals surface area contributed by atoms with Gasteiger partial charge in [-0.1, -0.05) is 63.3 Å². The topological polar surface area (TPSA) is 0 Å². The van der Waals surface area contributed by atoms with Crippen LogP contribution in [0.1, 0.15) is 33.6 Å². The van der Waals surface area contributed by atoms with Crippen LogP contribution < -0.4 is 0 Å². The molecule has 0 aromatic heterocycles. The van der Waals surface area contributed by atoms with E-state index < -0.39 is 0 Å². The van der Waals surface area contributed by atoms with Gasteiger partial charge < -0.3 is 0 Å². The monoisotopic (exact) mass is 216 g/mol. The lowest BCUT2D eigenvalue weighted by atomic mass is 9.74. The summed E-state index contributed by atoms with van der Waals surface area (Å²) in [6.45, 7) is 19.0. The molecule has 1 fully saturated rings. The van der Waals surface area contributed by atoms with Gasteiger partial charge in [0.15, 0.2) is 0 Å². The molecule has 0 bridgehead atoms. The fourth-order valence-electron chi connectivity index (χ4n) is 3.03. The van der Waals surface area contributed by atoms with Crippen LogP contribution in [0.3, 0.4) is 0 Å². The first kappa shape index (κ1) is 13.0. The van der Waals surface area contributed by atoms with Crippen LogP contribution in [-0.4, -0.2) is 0 Å². The average Bonchev–Trinajstić information content (AvgIpc) is 2.22. The van der Waals surface area contributed by atoms with Crippen molar-refractivity contribution in [3.8, 4) is 0 Å². The van der Waals surface area contributed by atoms with E-state index >= 15 is 0 Å². The summed E-state index contributed by atoms with van der Waals surface area (Å²) >= 11 is 0. The molecule has 1 saturated carbocycles. The summed E-state index contributed by atoms with van der Waals surface area (Å²) in [6.07, 6.45) is 8.37. The van der Waals surface area contributed by atoms with E-state index in [-0.39, 0.29) is 5.41 Å². The number of rotatable bonds is 2. The van der Waals surface area contributed by atoms with Gasteiger partial charge in [-0.25, -0.2) is 0 Å². The minimum atomic E-state index is 0.214. The van der Waals surface area contributed by atoms with Gasteiger partial charge in [-0.05, 0) is 24.2 Å². The van der Waals surface area contributed by atoms with Crippen molar-refractivity contribution in [3.63, 3.8) is 0 Å². The Kier molecular flexibility index (Phi) is 3.96. The second kappa shape index (κ2) is 4.86. The quantitative estimate of drug-likeness (QED) is 0.454. The molecular formula is C16H24. The molecule has 88 valence electrons. The van der Waals surface area contributed by atoms with Gasteiger partial charge in [0.05, 0.1) is 0 Å². The first-order valence-electron chi connectivity index (χ1n) is 6.05. The van der Waals surface area contributed by atoms with Crippen LogP contribution in [0.4, 0.5) is 0 Å². The second-order valence-corrected chi connectivity index (χ2v) is 5.63. The lowest BCUT2D eigenvalue weighted by Crippen LogP contribution is -2.19. The number of hydrogen-bond donors (Lipinski definition) is 0. The molecular weight excluding hydrogens is 192 g/mol. The highest BCUT2D eigenvalue weighted by molar-refractivity contribution is 5.33. The third-order valence-corrected chi connectivity index (χ3v) is 3.56. The Balaban J connectivity index is 3.23. The highest BCUT2D eigenvalue weighted by atomic mass is 14.4. The maximum Gasteiger partial charge on any atom is 0.0190 e. The molecule has 0 aromatic carbocycles. The van der Waals surface area contributed by atoms with Gasteiger partial charge in [0.25, 0.3) is 0 Å². The van der Waals surface area contributed by atoms with Crippen LogP contribution in [0.15, 0.2) is 49.1 Å². The molecule has 1 aliphatic carbocycles. The Labute approximate surface area is 100 Å². The summed E-state index contributed by atoms with van der Waals surface area (Å²) in [7, 11) is 0. The van der Waals surface area contributed by atoms with E-state index in [9.17, 15) is 0 Å². The molecule has 2 atom stereocenters. The summed E-state index contributed by atoms with van der Waals surface area (Å²) in [6, 6.07) is 0. The lowest BCUT2D eigenvalue weighted by molar-refractivity contribution is 0.338. The molecule has 1 aliphatic rings. The molecule has 0 aromatic rings. The van der Waals surface area contributed by atoms with Crippen LogP contribution in [0, 0.1) is 17.3 Å². The molecule has 0 N–H and O–H groups in total. The molecule has 0 saturated heterocycles. The standard InChI is InChI=1S/C16H24/c1-7-9-15-14(8-2)13(4)10-12(3)11-16(15,5)6/h7-9,12,14H,1-2,4,10-11H2,3,5-6H3/b15-9-. The van der Waals surface area contributed by atoms with Gasteiger partial charge in [0, 0.05) is 5.92 Å². The van der Waals surface area contributed by atoms with E-state index in [0.29, 0.717) is 11.8 Å². The maximum absolute atomic E-state index is 4.23. The zero-order valence-electron chi connectivity index (χ0n) is 10.9. The highest BCUT2D eigenvalue weighted by Crippen LogP contribution is 2.46. The van der Waals surface area contributed by atoms with Gasteiger partial charge in [0.1, 0.15) is 0 Å². The molecule has 0 aliphatic heterocycles. The van der Waals surface area contributed by atoms with Crippen molar-refractivity contribution in [1.29, 1.82) is 0 Å². The normalized spacial score (nSPS) is 32.2. The average molecular weight is 216 g/mol. The smallest absolute Gasteiger partial charge is 0.0190 e. The van der Waals surface area contributed by atoms with Crippen molar-refractivity contribution in [1.82, 2.24) is 0 Å². The Bertz CT molecular complexity index is 328. The molecule has 0 heterocycles. The predicted molar refractivity (Wildman–Crippen MR) is 73.3 cm³/mol. The molecule has 0 radical (unpaired) electrons. The maximum atomic E-state index is 4.23. The minimum absolute atomic E-state index is 0.214. The largest absolute Gasteiger partial charge is 0.102 e. The van der Waals surface area contributed by atoms with Crippen molar-refractivity contribution in [2.75, 3.05) is 0 Å². The Hall–Kier alpha value is -1.04. The van der Waals surface area contributed by atoms with E-state index in [1.807, 2.05) is 12.2 Å². The first-order chi connectivity index (χ1) is 7.42. The summed E-state index contributed by atoms with van der Waals surface area (Å²) in [4.78, 5) is 0. The van der Waals surface area contributed by atoms with Gasteiger partial charge in [-0.3, -0.25) is 0 Å².